The number of unbranched alkanes of at least 4 members (excludes halogenated alkanes) is 2. The summed E-state index contributed by atoms with van der Waals surface area (Å²) < 4.78 is 0. The van der Waals surface area contributed by atoms with Crippen LogP contribution in [0.25, 0.3) is 0 Å². The van der Waals surface area contributed by atoms with Crippen molar-refractivity contribution in [1.29, 1.82) is 0 Å². The van der Waals surface area contributed by atoms with E-state index in [2.05, 4.69) is 36.4 Å². The van der Waals surface area contributed by atoms with Gasteiger partial charge in [-0.05, 0) is 51.3 Å². The molecule has 2 N–H and O–H groups in total. The maximum absolute atomic E-state index is 5.47. The Kier molecular flexibility index (Phi) is 5.91. The van der Waals surface area contributed by atoms with Gasteiger partial charge in [-0.25, -0.2) is 0 Å². The molecule has 0 saturated carbocycles. The molecule has 15 heavy (non-hydrogen) atoms. The highest BCUT2D eigenvalue weighted by molar-refractivity contribution is 7.10. The summed E-state index contributed by atoms with van der Waals surface area (Å²) in [5.74, 6) is 0. The van der Waals surface area contributed by atoms with E-state index in [1.54, 1.807) is 0 Å². The average molecular weight is 226 g/mol. The number of nitrogens with two attached hydrogens (primary N) is 1. The molecule has 0 aliphatic rings. The minimum absolute atomic E-state index is 0.544. The molecule has 1 aromatic heterocycles. The van der Waals surface area contributed by atoms with Gasteiger partial charge in [0, 0.05) is 10.9 Å². The number of rotatable bonds is 7. The minimum Gasteiger partial charge on any atom is -0.330 e. The van der Waals surface area contributed by atoms with E-state index in [0.717, 1.165) is 13.0 Å². The van der Waals surface area contributed by atoms with Gasteiger partial charge in [-0.3, -0.25) is 4.90 Å². The quantitative estimate of drug-likeness (QED) is 0.724. The Morgan fingerprint density at radius 3 is 2.80 bits per heavy atom. The molecule has 0 radical (unpaired) electrons. The molecular weight excluding hydrogens is 204 g/mol. The maximum atomic E-state index is 5.47. The molecular formula is C12H22N2S. The molecule has 0 aromatic carbocycles. The summed E-state index contributed by atoms with van der Waals surface area (Å²) in [6.45, 7) is 4.26. The molecule has 0 bridgehead atoms. The summed E-state index contributed by atoms with van der Waals surface area (Å²) in [6, 6.07) is 4.88. The second kappa shape index (κ2) is 6.99. The highest BCUT2D eigenvalue weighted by atomic mass is 32.1. The Morgan fingerprint density at radius 1 is 1.40 bits per heavy atom. The lowest BCUT2D eigenvalue weighted by molar-refractivity contribution is 0.259. The topological polar surface area (TPSA) is 29.3 Å². The zero-order valence-corrected chi connectivity index (χ0v) is 10.6. The lowest BCUT2D eigenvalue weighted by Crippen LogP contribution is -2.23. The van der Waals surface area contributed by atoms with Crippen LogP contribution in [0.2, 0.25) is 0 Å². The monoisotopic (exact) mass is 226 g/mol. The van der Waals surface area contributed by atoms with Gasteiger partial charge in [-0.15, -0.1) is 11.3 Å². The van der Waals surface area contributed by atoms with Crippen LogP contribution in [0.5, 0.6) is 0 Å². The lowest BCUT2D eigenvalue weighted by atomic mass is 10.2. The number of hydrogen-bond acceptors (Lipinski definition) is 3. The van der Waals surface area contributed by atoms with E-state index in [9.17, 15) is 0 Å². The van der Waals surface area contributed by atoms with Gasteiger partial charge in [0.05, 0.1) is 0 Å². The van der Waals surface area contributed by atoms with Crippen LogP contribution < -0.4 is 5.73 Å². The highest BCUT2D eigenvalue weighted by Crippen LogP contribution is 2.23. The second-order valence-corrected chi connectivity index (χ2v) is 5.00. The molecule has 0 aliphatic heterocycles. The number of nitrogens with zero attached hydrogens (tertiary/aromatic N) is 1. The summed E-state index contributed by atoms with van der Waals surface area (Å²) in [5.41, 5.74) is 5.47. The smallest absolute Gasteiger partial charge is 0.0410 e. The molecule has 1 heterocycles. The third-order valence-corrected chi connectivity index (χ3v) is 3.87. The molecule has 1 aromatic rings. The summed E-state index contributed by atoms with van der Waals surface area (Å²) in [5, 5.41) is 2.15. The van der Waals surface area contributed by atoms with Crippen molar-refractivity contribution in [3.8, 4) is 0 Å². The molecule has 1 atom stereocenters. The third kappa shape index (κ3) is 4.33. The van der Waals surface area contributed by atoms with E-state index in [-0.39, 0.29) is 0 Å². The molecule has 1 rings (SSSR count). The van der Waals surface area contributed by atoms with Crippen LogP contribution in [0.1, 0.15) is 37.1 Å². The van der Waals surface area contributed by atoms with Crippen LogP contribution in [-0.2, 0) is 0 Å². The Hall–Kier alpha value is -0.380. The van der Waals surface area contributed by atoms with Crippen molar-refractivity contribution in [2.45, 2.75) is 32.2 Å². The van der Waals surface area contributed by atoms with Crippen molar-refractivity contribution in [2.24, 2.45) is 5.73 Å². The summed E-state index contributed by atoms with van der Waals surface area (Å²) in [7, 11) is 2.20. The number of thiophene rings is 1. The largest absolute Gasteiger partial charge is 0.330 e. The van der Waals surface area contributed by atoms with Crippen LogP contribution in [0, 0.1) is 0 Å². The van der Waals surface area contributed by atoms with Gasteiger partial charge < -0.3 is 5.73 Å². The molecule has 0 saturated heterocycles. The Morgan fingerprint density at radius 2 is 2.20 bits per heavy atom. The molecule has 0 aliphatic carbocycles. The molecule has 0 spiro atoms. The zero-order chi connectivity index (χ0) is 11.1. The predicted molar refractivity (Wildman–Crippen MR) is 68.3 cm³/mol. The third-order valence-electron chi connectivity index (χ3n) is 2.83. The van der Waals surface area contributed by atoms with E-state index < -0.39 is 0 Å². The zero-order valence-electron chi connectivity index (χ0n) is 9.78. The van der Waals surface area contributed by atoms with Gasteiger partial charge in [-0.2, -0.15) is 0 Å². The van der Waals surface area contributed by atoms with E-state index in [1.165, 1.54) is 24.3 Å². The van der Waals surface area contributed by atoms with Crippen LogP contribution in [0.15, 0.2) is 17.5 Å². The molecule has 3 heteroatoms. The Balaban J connectivity index is 2.24. The standard InChI is InChI=1S/C12H22N2S/c1-11(12-7-6-10-15-12)14(2)9-5-3-4-8-13/h6-7,10-11H,3-5,8-9,13H2,1-2H3. The van der Waals surface area contributed by atoms with Gasteiger partial charge in [0.1, 0.15) is 0 Å². The first-order valence-electron chi connectivity index (χ1n) is 5.69. The SMILES string of the molecule is CC(c1cccs1)N(C)CCCCCN. The van der Waals surface area contributed by atoms with Crippen molar-refractivity contribution < 1.29 is 0 Å². The minimum atomic E-state index is 0.544. The van der Waals surface area contributed by atoms with Gasteiger partial charge in [0.15, 0.2) is 0 Å². The summed E-state index contributed by atoms with van der Waals surface area (Å²) in [4.78, 5) is 3.87. The molecule has 1 unspecified atom stereocenters. The van der Waals surface area contributed by atoms with Crippen molar-refractivity contribution in [3.63, 3.8) is 0 Å². The van der Waals surface area contributed by atoms with Crippen molar-refractivity contribution in [3.05, 3.63) is 22.4 Å². The molecule has 86 valence electrons. The first kappa shape index (κ1) is 12.7. The molecule has 0 amide bonds. The highest BCUT2D eigenvalue weighted by Gasteiger charge is 2.11. The van der Waals surface area contributed by atoms with Gasteiger partial charge >= 0.3 is 0 Å². The van der Waals surface area contributed by atoms with E-state index in [0.29, 0.717) is 6.04 Å². The fourth-order valence-electron chi connectivity index (χ4n) is 1.62. The van der Waals surface area contributed by atoms with Crippen LogP contribution in [0.3, 0.4) is 0 Å². The van der Waals surface area contributed by atoms with Crippen molar-refractivity contribution in [2.75, 3.05) is 20.1 Å². The predicted octanol–water partition coefficient (Wildman–Crippen LogP) is 2.87. The molecule has 0 fully saturated rings. The van der Waals surface area contributed by atoms with Gasteiger partial charge in [0.2, 0.25) is 0 Å². The average Bonchev–Trinajstić information content (AvgIpc) is 2.76. The van der Waals surface area contributed by atoms with Gasteiger partial charge in [-0.1, -0.05) is 12.5 Å². The van der Waals surface area contributed by atoms with E-state index in [4.69, 9.17) is 5.73 Å². The summed E-state index contributed by atoms with van der Waals surface area (Å²) >= 11 is 1.84. The van der Waals surface area contributed by atoms with Crippen LogP contribution in [-0.4, -0.2) is 25.0 Å². The van der Waals surface area contributed by atoms with Gasteiger partial charge in [0.25, 0.3) is 0 Å². The van der Waals surface area contributed by atoms with E-state index >= 15 is 0 Å². The number of hydrogen-bond donors (Lipinski definition) is 1. The second-order valence-electron chi connectivity index (χ2n) is 4.02. The summed E-state index contributed by atoms with van der Waals surface area (Å²) in [6.07, 6.45) is 3.66. The van der Waals surface area contributed by atoms with Crippen molar-refractivity contribution in [1.82, 2.24) is 4.90 Å². The molecule has 2 nitrogen and oxygen atoms in total. The lowest BCUT2D eigenvalue weighted by Gasteiger charge is -2.23. The Bertz CT molecular complexity index is 246. The van der Waals surface area contributed by atoms with Crippen LogP contribution >= 0.6 is 11.3 Å². The van der Waals surface area contributed by atoms with Crippen LogP contribution in [0.4, 0.5) is 0 Å². The first-order chi connectivity index (χ1) is 7.25. The fraction of sp³-hybridized carbons (Fsp3) is 0.667. The fourth-order valence-corrected chi connectivity index (χ4v) is 2.47. The Labute approximate surface area is 97.1 Å². The first-order valence-corrected chi connectivity index (χ1v) is 6.57. The van der Waals surface area contributed by atoms with E-state index in [1.807, 2.05) is 11.3 Å². The normalized spacial score (nSPS) is 13.3. The van der Waals surface area contributed by atoms with Crippen molar-refractivity contribution >= 4 is 11.3 Å². The maximum Gasteiger partial charge on any atom is 0.0410 e.